The van der Waals surface area contributed by atoms with Crippen LogP contribution < -0.4 is 10.1 Å². The molecule has 0 radical (unpaired) electrons. The molecular formula is C19H30N2O2. The molecule has 0 spiro atoms. The summed E-state index contributed by atoms with van der Waals surface area (Å²) < 4.78 is 5.17. The van der Waals surface area contributed by atoms with E-state index in [4.69, 9.17) is 4.74 Å². The third kappa shape index (κ3) is 5.24. The lowest BCUT2D eigenvalue weighted by Crippen LogP contribution is -2.57. The summed E-state index contributed by atoms with van der Waals surface area (Å²) in [5.41, 5.74) is 1.33. The topological polar surface area (TPSA) is 41.6 Å². The molecule has 0 aliphatic carbocycles. The molecule has 1 aliphatic heterocycles. The van der Waals surface area contributed by atoms with E-state index in [1.54, 1.807) is 7.11 Å². The van der Waals surface area contributed by atoms with Gasteiger partial charge in [0.25, 0.3) is 0 Å². The second-order valence-electron chi connectivity index (χ2n) is 6.48. The number of carbonyl (C=O) groups is 1. The van der Waals surface area contributed by atoms with E-state index in [2.05, 4.69) is 31.3 Å². The van der Waals surface area contributed by atoms with Crippen molar-refractivity contribution in [2.45, 2.75) is 58.0 Å². The highest BCUT2D eigenvalue weighted by atomic mass is 16.5. The van der Waals surface area contributed by atoms with Gasteiger partial charge in [-0.25, -0.2) is 0 Å². The molecule has 1 aliphatic rings. The van der Waals surface area contributed by atoms with Crippen LogP contribution in [0.1, 0.15) is 45.1 Å². The minimum atomic E-state index is 0.301. The van der Waals surface area contributed by atoms with Crippen LogP contribution in [0.5, 0.6) is 5.75 Å². The lowest BCUT2D eigenvalue weighted by atomic mass is 10.0. The summed E-state index contributed by atoms with van der Waals surface area (Å²) in [6, 6.07) is 8.94. The average Bonchev–Trinajstić information content (AvgIpc) is 2.57. The normalized spacial score (nSPS) is 21.3. The third-order valence-corrected chi connectivity index (χ3v) is 4.87. The van der Waals surface area contributed by atoms with Crippen LogP contribution in [0.4, 0.5) is 0 Å². The maximum atomic E-state index is 12.3. The van der Waals surface area contributed by atoms with Crippen LogP contribution in [0.3, 0.4) is 0 Å². The van der Waals surface area contributed by atoms with E-state index in [0.717, 1.165) is 44.5 Å². The highest BCUT2D eigenvalue weighted by Crippen LogP contribution is 2.15. The number of methoxy groups -OCH3 is 1. The fraction of sp³-hybridized carbons (Fsp3) is 0.632. The minimum absolute atomic E-state index is 0.301. The van der Waals surface area contributed by atoms with Crippen molar-refractivity contribution in [2.75, 3.05) is 20.2 Å². The van der Waals surface area contributed by atoms with Gasteiger partial charge in [-0.1, -0.05) is 18.6 Å². The Hall–Kier alpha value is -1.55. The second kappa shape index (κ2) is 8.92. The Morgan fingerprint density at radius 3 is 2.65 bits per heavy atom. The number of unbranched alkanes of at least 4 members (excludes halogenated alkanes) is 2. The Morgan fingerprint density at radius 1 is 1.22 bits per heavy atom. The first kappa shape index (κ1) is 17.8. The van der Waals surface area contributed by atoms with Crippen LogP contribution in [0.2, 0.25) is 0 Å². The van der Waals surface area contributed by atoms with E-state index < -0.39 is 0 Å². The summed E-state index contributed by atoms with van der Waals surface area (Å²) in [6.07, 6.45) is 4.97. The molecule has 1 heterocycles. The lowest BCUT2D eigenvalue weighted by Gasteiger charge is -2.38. The molecule has 4 heteroatoms. The number of amides is 1. The number of ether oxygens (including phenoxy) is 1. The Bertz CT molecular complexity index is 487. The smallest absolute Gasteiger partial charge is 0.222 e. The van der Waals surface area contributed by atoms with Gasteiger partial charge < -0.3 is 15.0 Å². The summed E-state index contributed by atoms with van der Waals surface area (Å²) in [7, 11) is 1.69. The van der Waals surface area contributed by atoms with E-state index in [-0.39, 0.29) is 0 Å². The van der Waals surface area contributed by atoms with Crippen molar-refractivity contribution < 1.29 is 9.53 Å². The summed E-state index contributed by atoms with van der Waals surface area (Å²) in [6.45, 7) is 6.04. The second-order valence-corrected chi connectivity index (χ2v) is 6.48. The number of hydrogen-bond donors (Lipinski definition) is 1. The predicted molar refractivity (Wildman–Crippen MR) is 93.8 cm³/mol. The number of benzene rings is 1. The van der Waals surface area contributed by atoms with Crippen molar-refractivity contribution in [2.24, 2.45) is 0 Å². The number of hydrogen-bond acceptors (Lipinski definition) is 3. The van der Waals surface area contributed by atoms with Crippen molar-refractivity contribution in [3.8, 4) is 5.75 Å². The molecule has 1 saturated heterocycles. The summed E-state index contributed by atoms with van der Waals surface area (Å²) in [5.74, 6) is 1.22. The first-order valence-electron chi connectivity index (χ1n) is 8.77. The van der Waals surface area contributed by atoms with Gasteiger partial charge in [-0.15, -0.1) is 0 Å². The van der Waals surface area contributed by atoms with Crippen LogP contribution >= 0.6 is 0 Å². The van der Waals surface area contributed by atoms with Crippen molar-refractivity contribution in [3.05, 3.63) is 29.8 Å². The number of nitrogens with one attached hydrogen (secondary N) is 1. The number of piperazine rings is 1. The molecule has 1 aromatic rings. The molecule has 1 aromatic carbocycles. The maximum Gasteiger partial charge on any atom is 0.222 e. The first-order chi connectivity index (χ1) is 11.1. The Kier molecular flexibility index (Phi) is 6.90. The van der Waals surface area contributed by atoms with Crippen LogP contribution in [-0.4, -0.2) is 43.1 Å². The van der Waals surface area contributed by atoms with Crippen molar-refractivity contribution in [3.63, 3.8) is 0 Å². The van der Waals surface area contributed by atoms with Crippen LogP contribution in [0, 0.1) is 0 Å². The van der Waals surface area contributed by atoms with Crippen LogP contribution in [0.25, 0.3) is 0 Å². The van der Waals surface area contributed by atoms with Crippen LogP contribution in [0.15, 0.2) is 24.3 Å². The quantitative estimate of drug-likeness (QED) is 0.786. The average molecular weight is 318 g/mol. The first-order valence-corrected chi connectivity index (χ1v) is 8.77. The Morgan fingerprint density at radius 2 is 1.96 bits per heavy atom. The molecule has 0 aromatic heterocycles. The third-order valence-electron chi connectivity index (χ3n) is 4.87. The van der Waals surface area contributed by atoms with Gasteiger partial charge >= 0.3 is 0 Å². The maximum absolute atomic E-state index is 12.3. The van der Waals surface area contributed by atoms with Gasteiger partial charge in [0.05, 0.1) is 7.11 Å². The predicted octanol–water partition coefficient (Wildman–Crippen LogP) is 3.01. The summed E-state index contributed by atoms with van der Waals surface area (Å²) in [5, 5.41) is 3.42. The monoisotopic (exact) mass is 318 g/mol. The van der Waals surface area contributed by atoms with E-state index in [1.807, 2.05) is 17.0 Å². The summed E-state index contributed by atoms with van der Waals surface area (Å²) >= 11 is 0. The van der Waals surface area contributed by atoms with Crippen molar-refractivity contribution in [1.29, 1.82) is 0 Å². The molecule has 128 valence electrons. The molecule has 1 amide bonds. The van der Waals surface area contributed by atoms with Gasteiger partial charge in [0.2, 0.25) is 5.91 Å². The zero-order chi connectivity index (χ0) is 16.7. The van der Waals surface area contributed by atoms with Gasteiger partial charge in [-0.2, -0.15) is 0 Å². The molecule has 0 bridgehead atoms. The molecule has 2 rings (SSSR count). The minimum Gasteiger partial charge on any atom is -0.497 e. The van der Waals surface area contributed by atoms with Crippen molar-refractivity contribution in [1.82, 2.24) is 10.2 Å². The zero-order valence-electron chi connectivity index (χ0n) is 14.7. The van der Waals surface area contributed by atoms with Gasteiger partial charge in [0.1, 0.15) is 5.75 Å². The zero-order valence-corrected chi connectivity index (χ0v) is 14.7. The Balaban J connectivity index is 1.63. The molecule has 23 heavy (non-hydrogen) atoms. The van der Waals surface area contributed by atoms with E-state index in [1.165, 1.54) is 5.56 Å². The fourth-order valence-corrected chi connectivity index (χ4v) is 3.13. The van der Waals surface area contributed by atoms with Gasteiger partial charge in [0, 0.05) is 31.6 Å². The number of rotatable bonds is 7. The molecule has 4 nitrogen and oxygen atoms in total. The fourth-order valence-electron chi connectivity index (χ4n) is 3.13. The van der Waals surface area contributed by atoms with E-state index >= 15 is 0 Å². The number of nitrogens with zero attached hydrogens (tertiary/aromatic N) is 1. The largest absolute Gasteiger partial charge is 0.497 e. The standard InChI is InChI=1S/C19H30N2O2/c1-15-16(2)21(14-13-20-15)19(22)8-6-4-5-7-17-9-11-18(23-3)12-10-17/h9-12,15-16,20H,4-8,13-14H2,1-3H3. The molecule has 2 unspecified atom stereocenters. The lowest BCUT2D eigenvalue weighted by molar-refractivity contribution is -0.135. The number of carbonyl (C=O) groups excluding carboxylic acids is 1. The highest BCUT2D eigenvalue weighted by molar-refractivity contribution is 5.76. The Labute approximate surface area is 140 Å². The van der Waals surface area contributed by atoms with E-state index in [9.17, 15) is 4.79 Å². The molecule has 1 fully saturated rings. The van der Waals surface area contributed by atoms with Crippen LogP contribution in [-0.2, 0) is 11.2 Å². The molecule has 1 N–H and O–H groups in total. The highest BCUT2D eigenvalue weighted by Gasteiger charge is 2.27. The SMILES string of the molecule is COc1ccc(CCCCCC(=O)N2CCNC(C)C2C)cc1. The van der Waals surface area contributed by atoms with Crippen molar-refractivity contribution >= 4 is 5.91 Å². The molecule has 2 atom stereocenters. The summed E-state index contributed by atoms with van der Waals surface area (Å²) in [4.78, 5) is 14.4. The molecular weight excluding hydrogens is 288 g/mol. The van der Waals surface area contributed by atoms with E-state index in [0.29, 0.717) is 24.4 Å². The van der Waals surface area contributed by atoms with Gasteiger partial charge in [0.15, 0.2) is 0 Å². The number of aryl methyl sites for hydroxylation is 1. The van der Waals surface area contributed by atoms with Gasteiger partial charge in [-0.05, 0) is 50.8 Å². The molecule has 0 saturated carbocycles. The van der Waals surface area contributed by atoms with Gasteiger partial charge in [-0.3, -0.25) is 4.79 Å².